The molecule has 0 unspecified atom stereocenters. The summed E-state index contributed by atoms with van der Waals surface area (Å²) in [6.45, 7) is 0.445. The first-order valence-electron chi connectivity index (χ1n) is 11.3. The van der Waals surface area contributed by atoms with E-state index in [1.807, 2.05) is 97.1 Å². The second-order valence-corrected chi connectivity index (χ2v) is 10.0. The Morgan fingerprint density at radius 3 is 2.50 bits per heavy atom. The lowest BCUT2D eigenvalue weighted by Gasteiger charge is -2.15. The average molecular weight is 509 g/mol. The Morgan fingerprint density at radius 1 is 0.944 bits per heavy atom. The number of carbonyl (C=O) groups is 1. The van der Waals surface area contributed by atoms with Crippen LogP contribution >= 0.6 is 23.5 Å². The molecule has 3 aromatic carbocycles. The van der Waals surface area contributed by atoms with Crippen LogP contribution in [0.15, 0.2) is 122 Å². The largest absolute Gasteiger partial charge is 0.450 e. The molecule has 3 heterocycles. The normalized spacial score (nSPS) is 16.0. The number of aromatic nitrogens is 2. The third-order valence-electron chi connectivity index (χ3n) is 5.49. The van der Waals surface area contributed by atoms with Crippen LogP contribution in [0.5, 0.6) is 0 Å². The maximum atomic E-state index is 13.4. The highest BCUT2D eigenvalue weighted by Crippen LogP contribution is 2.36. The van der Waals surface area contributed by atoms with Crippen molar-refractivity contribution in [2.24, 2.45) is 4.99 Å². The summed E-state index contributed by atoms with van der Waals surface area (Å²) in [5.74, 6) is 0.506. The summed E-state index contributed by atoms with van der Waals surface area (Å²) in [7, 11) is 0. The van der Waals surface area contributed by atoms with Gasteiger partial charge in [-0.05, 0) is 65.5 Å². The molecule has 2 aromatic heterocycles. The number of amidine groups is 1. The van der Waals surface area contributed by atoms with E-state index in [0.29, 0.717) is 27.5 Å². The topological polar surface area (TPSA) is 74.5 Å². The number of rotatable bonds is 6. The van der Waals surface area contributed by atoms with Gasteiger partial charge in [0.25, 0.3) is 5.91 Å². The number of furan rings is 1. The molecule has 6 rings (SSSR count). The molecule has 8 heteroatoms. The molecule has 1 fully saturated rings. The molecule has 1 aliphatic rings. The lowest BCUT2D eigenvalue weighted by Crippen LogP contribution is -2.28. The monoisotopic (exact) mass is 508 g/mol. The molecule has 1 N–H and O–H groups in total. The van der Waals surface area contributed by atoms with E-state index in [1.54, 1.807) is 11.0 Å². The standard InChI is InChI=1S/C28H20N4O2S2/c33-26-24(17-21-15-16-25(34-21)36-27-30-22-13-7-8-14-23(22)31-27)35-28(29-20-11-5-2-6-12-20)32(26)18-19-9-3-1-4-10-19/h1-17H,18H2,(H,30,31)/b24-17-,29-28?. The maximum Gasteiger partial charge on any atom is 0.267 e. The molecule has 0 atom stereocenters. The number of hydrogen-bond acceptors (Lipinski definition) is 6. The van der Waals surface area contributed by atoms with Crippen LogP contribution in [0.2, 0.25) is 0 Å². The fourth-order valence-electron chi connectivity index (χ4n) is 3.78. The minimum Gasteiger partial charge on any atom is -0.450 e. The molecule has 0 saturated carbocycles. The summed E-state index contributed by atoms with van der Waals surface area (Å²) in [5.41, 5.74) is 3.72. The number of thioether (sulfide) groups is 1. The summed E-state index contributed by atoms with van der Waals surface area (Å²) in [4.78, 5) is 28.3. The maximum absolute atomic E-state index is 13.4. The van der Waals surface area contributed by atoms with Crippen LogP contribution in [0.3, 0.4) is 0 Å². The number of carbonyl (C=O) groups excluding carboxylic acids is 1. The third kappa shape index (κ3) is 4.86. The quantitative estimate of drug-likeness (QED) is 0.247. The lowest BCUT2D eigenvalue weighted by molar-refractivity contribution is -0.122. The number of imidazole rings is 1. The van der Waals surface area contributed by atoms with Gasteiger partial charge in [-0.1, -0.05) is 60.7 Å². The number of hydrogen-bond donors (Lipinski definition) is 1. The van der Waals surface area contributed by atoms with Gasteiger partial charge in [0.05, 0.1) is 28.2 Å². The first-order valence-corrected chi connectivity index (χ1v) is 13.0. The van der Waals surface area contributed by atoms with Gasteiger partial charge < -0.3 is 9.40 Å². The van der Waals surface area contributed by atoms with Gasteiger partial charge >= 0.3 is 0 Å². The lowest BCUT2D eigenvalue weighted by atomic mass is 10.2. The van der Waals surface area contributed by atoms with Gasteiger partial charge in [-0.15, -0.1) is 0 Å². The van der Waals surface area contributed by atoms with Crippen molar-refractivity contribution in [2.45, 2.75) is 16.8 Å². The van der Waals surface area contributed by atoms with Crippen LogP contribution in [0.1, 0.15) is 11.3 Å². The summed E-state index contributed by atoms with van der Waals surface area (Å²) in [5, 5.41) is 2.09. The van der Waals surface area contributed by atoms with E-state index in [1.165, 1.54) is 23.5 Å². The van der Waals surface area contributed by atoms with Crippen LogP contribution in [0.4, 0.5) is 5.69 Å². The van der Waals surface area contributed by atoms with Gasteiger partial charge in [0.1, 0.15) is 5.76 Å². The molecule has 0 aliphatic carbocycles. The number of nitrogens with one attached hydrogen (secondary N) is 1. The van der Waals surface area contributed by atoms with Crippen molar-refractivity contribution in [1.82, 2.24) is 14.9 Å². The Hall–Kier alpha value is -4.01. The Labute approximate surface area is 216 Å². The Kier molecular flexibility index (Phi) is 6.19. The van der Waals surface area contributed by atoms with E-state index in [4.69, 9.17) is 9.41 Å². The van der Waals surface area contributed by atoms with Crippen LogP contribution in [-0.2, 0) is 11.3 Å². The Balaban J connectivity index is 1.26. The SMILES string of the molecule is O=C1/C(=C/c2ccc(Sc3nc4ccccc4[nH]3)o2)SC(=Nc2ccccc2)N1Cc1ccccc1. The summed E-state index contributed by atoms with van der Waals surface area (Å²) in [6, 6.07) is 31.2. The highest BCUT2D eigenvalue weighted by atomic mass is 32.2. The van der Waals surface area contributed by atoms with Crippen molar-refractivity contribution in [2.75, 3.05) is 0 Å². The predicted octanol–water partition coefficient (Wildman–Crippen LogP) is 7.11. The van der Waals surface area contributed by atoms with Crippen molar-refractivity contribution in [3.8, 4) is 0 Å². The number of aliphatic imine (C=N–C) groups is 1. The van der Waals surface area contributed by atoms with Crippen LogP contribution in [0, 0.1) is 0 Å². The minimum absolute atomic E-state index is 0.0959. The number of benzene rings is 3. The number of H-pyrrole nitrogens is 1. The number of fused-ring (bicyclic) bond motifs is 1. The smallest absolute Gasteiger partial charge is 0.267 e. The molecule has 36 heavy (non-hydrogen) atoms. The molecule has 0 radical (unpaired) electrons. The molecule has 0 bridgehead atoms. The first kappa shape index (κ1) is 22.5. The van der Waals surface area contributed by atoms with E-state index < -0.39 is 0 Å². The molecule has 1 amide bonds. The van der Waals surface area contributed by atoms with Crippen molar-refractivity contribution in [3.63, 3.8) is 0 Å². The number of aromatic amines is 1. The zero-order chi connectivity index (χ0) is 24.3. The highest BCUT2D eigenvalue weighted by Gasteiger charge is 2.33. The second-order valence-electron chi connectivity index (χ2n) is 8.04. The van der Waals surface area contributed by atoms with Gasteiger partial charge in [-0.3, -0.25) is 9.69 Å². The Morgan fingerprint density at radius 2 is 1.69 bits per heavy atom. The van der Waals surface area contributed by atoms with Crippen LogP contribution < -0.4 is 0 Å². The number of amides is 1. The van der Waals surface area contributed by atoms with E-state index in [9.17, 15) is 4.79 Å². The van der Waals surface area contributed by atoms with E-state index in [0.717, 1.165) is 27.4 Å². The van der Waals surface area contributed by atoms with E-state index >= 15 is 0 Å². The molecule has 0 spiro atoms. The van der Waals surface area contributed by atoms with Crippen molar-refractivity contribution < 1.29 is 9.21 Å². The molecule has 5 aromatic rings. The van der Waals surface area contributed by atoms with Gasteiger partial charge in [0, 0.05) is 6.08 Å². The average Bonchev–Trinajstić information content (AvgIpc) is 3.60. The second kappa shape index (κ2) is 9.93. The zero-order valence-corrected chi connectivity index (χ0v) is 20.6. The minimum atomic E-state index is -0.0959. The fraction of sp³-hybridized carbons (Fsp3) is 0.0357. The zero-order valence-electron chi connectivity index (χ0n) is 19.0. The van der Waals surface area contributed by atoms with E-state index in [2.05, 4.69) is 9.97 Å². The van der Waals surface area contributed by atoms with Gasteiger partial charge in [0.2, 0.25) is 0 Å². The van der Waals surface area contributed by atoms with Crippen molar-refractivity contribution in [3.05, 3.63) is 113 Å². The van der Waals surface area contributed by atoms with Crippen LogP contribution in [-0.4, -0.2) is 25.9 Å². The summed E-state index contributed by atoms with van der Waals surface area (Å²) < 4.78 is 6.00. The molecular formula is C28H20N4O2S2. The van der Waals surface area contributed by atoms with Crippen LogP contribution in [0.25, 0.3) is 17.1 Å². The van der Waals surface area contributed by atoms with Gasteiger partial charge in [-0.25, -0.2) is 9.98 Å². The summed E-state index contributed by atoms with van der Waals surface area (Å²) in [6.07, 6.45) is 1.78. The van der Waals surface area contributed by atoms with Gasteiger partial charge in [-0.2, -0.15) is 0 Å². The molecule has 176 valence electrons. The molecule has 6 nitrogen and oxygen atoms in total. The first-order chi connectivity index (χ1) is 17.7. The Bertz CT molecular complexity index is 1560. The number of nitrogens with zero attached hydrogens (tertiary/aromatic N) is 3. The highest BCUT2D eigenvalue weighted by molar-refractivity contribution is 8.18. The number of para-hydroxylation sites is 3. The molecule has 1 aliphatic heterocycles. The molecule has 1 saturated heterocycles. The van der Waals surface area contributed by atoms with Crippen molar-refractivity contribution in [1.29, 1.82) is 0 Å². The third-order valence-corrected chi connectivity index (χ3v) is 7.31. The van der Waals surface area contributed by atoms with E-state index in [-0.39, 0.29) is 5.91 Å². The van der Waals surface area contributed by atoms with Gasteiger partial charge in [0.15, 0.2) is 15.4 Å². The summed E-state index contributed by atoms with van der Waals surface area (Å²) >= 11 is 2.76. The predicted molar refractivity (Wildman–Crippen MR) is 145 cm³/mol. The fourth-order valence-corrected chi connectivity index (χ4v) is 5.53. The molecular weight excluding hydrogens is 488 g/mol. The van der Waals surface area contributed by atoms with Crippen molar-refractivity contribution >= 4 is 57.4 Å².